The molecular weight excluding hydrogens is 252 g/mol. The first-order valence-electron chi connectivity index (χ1n) is 7.22. The molecule has 1 saturated heterocycles. The molecule has 0 aliphatic carbocycles. The molecule has 0 saturated carbocycles. The van der Waals surface area contributed by atoms with Gasteiger partial charge in [-0.1, -0.05) is 6.92 Å². The Morgan fingerprint density at radius 3 is 2.75 bits per heavy atom. The van der Waals surface area contributed by atoms with Gasteiger partial charge >= 0.3 is 0 Å². The van der Waals surface area contributed by atoms with Crippen LogP contribution in [0.4, 0.5) is 11.4 Å². The third-order valence-corrected chi connectivity index (χ3v) is 3.74. The lowest BCUT2D eigenvalue weighted by molar-refractivity contribution is 0.100. The maximum absolute atomic E-state index is 11.3. The maximum atomic E-state index is 11.3. The summed E-state index contributed by atoms with van der Waals surface area (Å²) in [5.41, 5.74) is 12.7. The number of nitrogens with two attached hydrogens (primary N) is 2. The Kier molecular flexibility index (Phi) is 4.84. The number of likely N-dealkylation sites (tertiary alicyclic amines) is 1. The van der Waals surface area contributed by atoms with E-state index in [-0.39, 0.29) is 0 Å². The largest absolute Gasteiger partial charge is 0.398 e. The number of carbonyl (C=O) groups is 1. The molecule has 110 valence electrons. The van der Waals surface area contributed by atoms with E-state index in [1.165, 1.54) is 25.9 Å². The van der Waals surface area contributed by atoms with Gasteiger partial charge in [0.1, 0.15) is 0 Å². The molecule has 1 aliphatic heterocycles. The van der Waals surface area contributed by atoms with E-state index in [0.29, 0.717) is 17.2 Å². The molecule has 1 aliphatic rings. The van der Waals surface area contributed by atoms with E-state index in [1.807, 2.05) is 6.07 Å². The number of anilines is 2. The Bertz CT molecular complexity index is 469. The predicted octanol–water partition coefficient (Wildman–Crippen LogP) is 1.51. The summed E-state index contributed by atoms with van der Waals surface area (Å²) in [5.74, 6) is 0.0685. The second kappa shape index (κ2) is 6.61. The summed E-state index contributed by atoms with van der Waals surface area (Å²) in [6.07, 6.45) is 2.64. The molecule has 0 spiro atoms. The van der Waals surface area contributed by atoms with Gasteiger partial charge in [0, 0.05) is 24.5 Å². The lowest BCUT2D eigenvalue weighted by Gasteiger charge is -2.21. The molecule has 1 aromatic carbocycles. The number of amides is 1. The average molecular weight is 276 g/mol. The molecule has 1 heterocycles. The van der Waals surface area contributed by atoms with E-state index in [9.17, 15) is 4.79 Å². The molecule has 20 heavy (non-hydrogen) atoms. The van der Waals surface area contributed by atoms with Crippen molar-refractivity contribution >= 4 is 17.3 Å². The third-order valence-electron chi connectivity index (χ3n) is 3.74. The van der Waals surface area contributed by atoms with Crippen LogP contribution < -0.4 is 16.8 Å². The molecule has 0 bridgehead atoms. The van der Waals surface area contributed by atoms with Crippen molar-refractivity contribution in [1.29, 1.82) is 0 Å². The van der Waals surface area contributed by atoms with Crippen molar-refractivity contribution in [2.45, 2.75) is 19.8 Å². The Labute approximate surface area is 120 Å². The van der Waals surface area contributed by atoms with E-state index in [4.69, 9.17) is 11.5 Å². The van der Waals surface area contributed by atoms with Crippen LogP contribution in [0.15, 0.2) is 18.2 Å². The molecule has 1 unspecified atom stereocenters. The lowest BCUT2D eigenvalue weighted by Crippen LogP contribution is -2.28. The highest BCUT2D eigenvalue weighted by atomic mass is 16.1. The number of nitrogens with one attached hydrogen (secondary N) is 1. The smallest absolute Gasteiger partial charge is 0.250 e. The predicted molar refractivity (Wildman–Crippen MR) is 82.7 cm³/mol. The Morgan fingerprint density at radius 1 is 1.40 bits per heavy atom. The highest BCUT2D eigenvalue weighted by Gasteiger charge is 2.14. The van der Waals surface area contributed by atoms with Gasteiger partial charge in [-0.3, -0.25) is 4.79 Å². The Balaban J connectivity index is 1.86. The number of nitrogens with zero attached hydrogens (tertiary/aromatic N) is 1. The fourth-order valence-corrected chi connectivity index (χ4v) is 2.64. The molecular formula is C15H24N4O. The number of hydrogen-bond acceptors (Lipinski definition) is 4. The summed E-state index contributed by atoms with van der Waals surface area (Å²) >= 11 is 0. The highest BCUT2D eigenvalue weighted by Crippen LogP contribution is 2.18. The normalized spacial score (nSPS) is 17.1. The molecule has 1 amide bonds. The highest BCUT2D eigenvalue weighted by molar-refractivity contribution is 5.98. The van der Waals surface area contributed by atoms with Crippen molar-refractivity contribution in [3.63, 3.8) is 0 Å². The van der Waals surface area contributed by atoms with Crippen LogP contribution >= 0.6 is 0 Å². The molecule has 1 atom stereocenters. The quantitative estimate of drug-likeness (QED) is 0.688. The fourth-order valence-electron chi connectivity index (χ4n) is 2.64. The van der Waals surface area contributed by atoms with Crippen LogP contribution in [0.5, 0.6) is 0 Å². The summed E-state index contributed by atoms with van der Waals surface area (Å²) in [7, 11) is 0. The van der Waals surface area contributed by atoms with Gasteiger partial charge < -0.3 is 21.7 Å². The first kappa shape index (κ1) is 14.7. The molecule has 5 nitrogen and oxygen atoms in total. The van der Waals surface area contributed by atoms with Gasteiger partial charge in [-0.25, -0.2) is 0 Å². The molecule has 5 N–H and O–H groups in total. The second-order valence-electron chi connectivity index (χ2n) is 5.66. The summed E-state index contributed by atoms with van der Waals surface area (Å²) in [6.45, 7) is 6.66. The first-order valence-corrected chi connectivity index (χ1v) is 7.22. The van der Waals surface area contributed by atoms with Gasteiger partial charge in [0.05, 0.1) is 5.56 Å². The van der Waals surface area contributed by atoms with E-state index in [0.717, 1.165) is 18.8 Å². The molecule has 0 radical (unpaired) electrons. The molecule has 0 aromatic heterocycles. The minimum Gasteiger partial charge on any atom is -0.398 e. The Morgan fingerprint density at radius 2 is 2.10 bits per heavy atom. The van der Waals surface area contributed by atoms with Crippen LogP contribution in [0, 0.1) is 5.92 Å². The number of benzene rings is 1. The van der Waals surface area contributed by atoms with Crippen molar-refractivity contribution in [2.24, 2.45) is 11.7 Å². The summed E-state index contributed by atoms with van der Waals surface area (Å²) < 4.78 is 0. The Hall–Kier alpha value is -1.75. The van der Waals surface area contributed by atoms with Gasteiger partial charge in [-0.05, 0) is 50.0 Å². The minimum absolute atomic E-state index is 0.377. The zero-order valence-electron chi connectivity index (χ0n) is 12.1. The van der Waals surface area contributed by atoms with Gasteiger partial charge in [-0.2, -0.15) is 0 Å². The molecule has 1 aromatic rings. The maximum Gasteiger partial charge on any atom is 0.250 e. The number of nitrogen functional groups attached to an aromatic ring is 1. The van der Waals surface area contributed by atoms with Gasteiger partial charge in [0.15, 0.2) is 0 Å². The van der Waals surface area contributed by atoms with Gasteiger partial charge in [0.2, 0.25) is 0 Å². The number of carbonyl (C=O) groups excluding carboxylic acids is 1. The van der Waals surface area contributed by atoms with Crippen LogP contribution in [-0.4, -0.2) is 37.0 Å². The number of rotatable bonds is 6. The van der Waals surface area contributed by atoms with Crippen LogP contribution in [0.3, 0.4) is 0 Å². The van der Waals surface area contributed by atoms with E-state index in [2.05, 4.69) is 17.1 Å². The van der Waals surface area contributed by atoms with Gasteiger partial charge in [0.25, 0.3) is 5.91 Å². The monoisotopic (exact) mass is 276 g/mol. The zero-order valence-corrected chi connectivity index (χ0v) is 12.1. The molecule has 1 fully saturated rings. The van der Waals surface area contributed by atoms with Crippen molar-refractivity contribution in [2.75, 3.05) is 37.2 Å². The van der Waals surface area contributed by atoms with E-state index < -0.39 is 5.91 Å². The lowest BCUT2D eigenvalue weighted by atomic mass is 10.1. The SMILES string of the molecule is CC(CNc1ccc(N)c(C(N)=O)c1)CN1CCCC1. The van der Waals surface area contributed by atoms with Crippen molar-refractivity contribution in [1.82, 2.24) is 4.90 Å². The minimum atomic E-state index is -0.490. The van der Waals surface area contributed by atoms with Crippen LogP contribution in [0.2, 0.25) is 0 Å². The second-order valence-corrected chi connectivity index (χ2v) is 5.66. The summed E-state index contributed by atoms with van der Waals surface area (Å²) in [6, 6.07) is 5.32. The summed E-state index contributed by atoms with van der Waals surface area (Å²) in [5, 5.41) is 3.35. The van der Waals surface area contributed by atoms with Crippen molar-refractivity contribution in [3.05, 3.63) is 23.8 Å². The fraction of sp³-hybridized carbons (Fsp3) is 0.533. The van der Waals surface area contributed by atoms with Crippen LogP contribution in [0.25, 0.3) is 0 Å². The third kappa shape index (κ3) is 3.87. The van der Waals surface area contributed by atoms with Crippen LogP contribution in [0.1, 0.15) is 30.1 Å². The average Bonchev–Trinajstić information content (AvgIpc) is 2.90. The van der Waals surface area contributed by atoms with E-state index >= 15 is 0 Å². The van der Waals surface area contributed by atoms with E-state index in [1.54, 1.807) is 12.1 Å². The number of primary amides is 1. The standard InChI is InChI=1S/C15H24N4O/c1-11(10-19-6-2-3-7-19)9-18-12-4-5-14(16)13(8-12)15(17)20/h4-5,8,11,18H,2-3,6-7,9-10,16H2,1H3,(H2,17,20). The topological polar surface area (TPSA) is 84.4 Å². The summed E-state index contributed by atoms with van der Waals surface area (Å²) in [4.78, 5) is 13.8. The molecule has 2 rings (SSSR count). The van der Waals surface area contributed by atoms with Gasteiger partial charge in [-0.15, -0.1) is 0 Å². The van der Waals surface area contributed by atoms with Crippen molar-refractivity contribution in [3.8, 4) is 0 Å². The number of hydrogen-bond donors (Lipinski definition) is 3. The molecule has 5 heteroatoms. The van der Waals surface area contributed by atoms with Crippen molar-refractivity contribution < 1.29 is 4.79 Å². The zero-order chi connectivity index (χ0) is 14.5. The van der Waals surface area contributed by atoms with Crippen LogP contribution in [-0.2, 0) is 0 Å². The first-order chi connectivity index (χ1) is 9.56.